The molecular weight excluding hydrogens is 355 g/mol. The Bertz CT molecular complexity index is 928. The molecule has 7 nitrogen and oxygen atoms in total. The number of thioether (sulfide) groups is 1. The molecule has 0 bridgehead atoms. The number of nitrogens with one attached hydrogen (secondary N) is 1. The largest absolute Gasteiger partial charge is 0.334 e. The Labute approximate surface area is 153 Å². The highest BCUT2D eigenvalue weighted by Gasteiger charge is 2.12. The second-order valence-corrected chi connectivity index (χ2v) is 6.09. The molecule has 0 saturated heterocycles. The van der Waals surface area contributed by atoms with Gasteiger partial charge in [-0.15, -0.1) is 10.2 Å². The molecule has 26 heavy (non-hydrogen) atoms. The maximum Gasteiger partial charge on any atom is 0.264 e. The third-order valence-electron chi connectivity index (χ3n) is 3.37. The minimum Gasteiger partial charge on any atom is -0.334 e. The molecule has 9 heteroatoms. The Hall–Kier alpha value is -3.20. The first-order chi connectivity index (χ1) is 12.6. The van der Waals surface area contributed by atoms with Crippen LogP contribution in [0.25, 0.3) is 0 Å². The van der Waals surface area contributed by atoms with Crippen LogP contribution in [0.3, 0.4) is 0 Å². The first kappa shape index (κ1) is 17.6. The van der Waals surface area contributed by atoms with E-state index in [1.807, 2.05) is 6.07 Å². The number of rotatable bonds is 7. The molecule has 0 fully saturated rings. The number of halogens is 1. The Morgan fingerprint density at radius 2 is 1.92 bits per heavy atom. The van der Waals surface area contributed by atoms with Gasteiger partial charge >= 0.3 is 0 Å². The lowest BCUT2D eigenvalue weighted by molar-refractivity contribution is 0.102. The molecule has 0 saturated carbocycles. The third kappa shape index (κ3) is 4.25. The van der Waals surface area contributed by atoms with Crippen molar-refractivity contribution in [2.24, 2.45) is 5.10 Å². The van der Waals surface area contributed by atoms with E-state index in [9.17, 15) is 9.18 Å². The number of anilines is 1. The summed E-state index contributed by atoms with van der Waals surface area (Å²) in [5.41, 5.74) is 3.54. The normalized spacial score (nSPS) is 11.0. The van der Waals surface area contributed by atoms with Crippen molar-refractivity contribution in [1.82, 2.24) is 14.9 Å². The first-order valence-electron chi connectivity index (χ1n) is 7.60. The van der Waals surface area contributed by atoms with E-state index in [0.717, 1.165) is 0 Å². The number of benzene rings is 2. The summed E-state index contributed by atoms with van der Waals surface area (Å²) < 4.78 is 14.7. The molecule has 1 aromatic heterocycles. The molecule has 0 spiro atoms. The zero-order valence-electron chi connectivity index (χ0n) is 13.5. The molecule has 0 atom stereocenters. The molecule has 0 radical (unpaired) electrons. The highest BCUT2D eigenvalue weighted by molar-refractivity contribution is 7.99. The van der Waals surface area contributed by atoms with Gasteiger partial charge < -0.3 is 5.84 Å². The molecular formula is C17H15FN6OS. The van der Waals surface area contributed by atoms with Crippen LogP contribution >= 0.6 is 11.8 Å². The Balaban J connectivity index is 1.59. The van der Waals surface area contributed by atoms with E-state index in [4.69, 9.17) is 5.84 Å². The van der Waals surface area contributed by atoms with Gasteiger partial charge in [-0.1, -0.05) is 60.3 Å². The van der Waals surface area contributed by atoms with Crippen LogP contribution in [-0.2, 0) is 0 Å². The molecule has 3 N–H and O–H groups in total. The van der Waals surface area contributed by atoms with Gasteiger partial charge in [0, 0.05) is 11.1 Å². The van der Waals surface area contributed by atoms with Gasteiger partial charge in [-0.25, -0.2) is 14.5 Å². The summed E-state index contributed by atoms with van der Waals surface area (Å²) in [6.45, 7) is 0. The lowest BCUT2D eigenvalue weighted by Crippen LogP contribution is -2.14. The topological polar surface area (TPSA) is 98.2 Å². The molecule has 0 unspecified atom stereocenters. The smallest absolute Gasteiger partial charge is 0.264 e. The van der Waals surface area contributed by atoms with Gasteiger partial charge in [0.15, 0.2) is 5.78 Å². The fourth-order valence-corrected chi connectivity index (χ4v) is 2.78. The minimum atomic E-state index is -0.386. The zero-order chi connectivity index (χ0) is 18.4. The minimum absolute atomic E-state index is 0.0364. The van der Waals surface area contributed by atoms with Gasteiger partial charge in [0.25, 0.3) is 5.95 Å². The van der Waals surface area contributed by atoms with Gasteiger partial charge in [-0.3, -0.25) is 4.79 Å². The van der Waals surface area contributed by atoms with Crippen LogP contribution < -0.4 is 11.3 Å². The fraction of sp³-hybridized carbons (Fsp3) is 0.0588. The summed E-state index contributed by atoms with van der Waals surface area (Å²) in [5.74, 6) is 5.82. The Kier molecular flexibility index (Phi) is 5.59. The quantitative estimate of drug-likeness (QED) is 0.218. The van der Waals surface area contributed by atoms with E-state index < -0.39 is 0 Å². The zero-order valence-corrected chi connectivity index (χ0v) is 14.4. The number of Topliss-reactive ketones (excluding diaryl/α,β-unsaturated/α-hetero) is 1. The van der Waals surface area contributed by atoms with Gasteiger partial charge in [-0.2, -0.15) is 5.10 Å². The summed E-state index contributed by atoms with van der Waals surface area (Å²) in [4.78, 5) is 12.1. The summed E-state index contributed by atoms with van der Waals surface area (Å²) in [6, 6.07) is 15.2. The van der Waals surface area contributed by atoms with E-state index >= 15 is 0 Å². The van der Waals surface area contributed by atoms with Crippen molar-refractivity contribution in [2.75, 3.05) is 17.0 Å². The second-order valence-electron chi connectivity index (χ2n) is 5.15. The molecule has 2 aromatic carbocycles. The fourth-order valence-electron chi connectivity index (χ4n) is 2.03. The third-order valence-corrected chi connectivity index (χ3v) is 4.31. The lowest BCUT2D eigenvalue weighted by Gasteiger charge is -2.03. The number of nitrogens with zero attached hydrogens (tertiary/aromatic N) is 4. The van der Waals surface area contributed by atoms with Crippen molar-refractivity contribution in [3.8, 4) is 0 Å². The molecule has 0 aliphatic carbocycles. The number of carbonyl (C=O) groups is 1. The summed E-state index contributed by atoms with van der Waals surface area (Å²) in [5, 5.41) is 12.0. The maximum atomic E-state index is 13.5. The molecule has 0 amide bonds. The first-order valence-corrected chi connectivity index (χ1v) is 8.59. The lowest BCUT2D eigenvalue weighted by atomic mass is 10.2. The van der Waals surface area contributed by atoms with Crippen LogP contribution in [0.4, 0.5) is 10.3 Å². The number of hydrazone groups is 1. The standard InChI is InChI=1S/C17H15FN6OS/c18-14-9-5-4-8-13(14)10-20-21-16-22-23-17(24(16)19)26-11-15(25)12-6-2-1-3-7-12/h1-10H,11,19H2,(H,21,22)/b20-10+. The number of aromatic nitrogens is 3. The van der Waals surface area contributed by atoms with Gasteiger partial charge in [-0.05, 0) is 6.07 Å². The van der Waals surface area contributed by atoms with E-state index in [2.05, 4.69) is 20.7 Å². The van der Waals surface area contributed by atoms with Crippen LogP contribution in [0, 0.1) is 5.82 Å². The van der Waals surface area contributed by atoms with Gasteiger partial charge in [0.1, 0.15) is 5.82 Å². The molecule has 132 valence electrons. The van der Waals surface area contributed by atoms with Crippen LogP contribution in [0.5, 0.6) is 0 Å². The highest BCUT2D eigenvalue weighted by atomic mass is 32.2. The molecule has 3 aromatic rings. The van der Waals surface area contributed by atoms with Crippen molar-refractivity contribution in [3.63, 3.8) is 0 Å². The Morgan fingerprint density at radius 1 is 1.19 bits per heavy atom. The number of hydrogen-bond donors (Lipinski definition) is 2. The number of nitrogen functional groups attached to an aromatic ring is 1. The van der Waals surface area contributed by atoms with Gasteiger partial charge in [0.05, 0.1) is 12.0 Å². The summed E-state index contributed by atoms with van der Waals surface area (Å²) in [6.07, 6.45) is 1.32. The van der Waals surface area contributed by atoms with E-state index in [1.165, 1.54) is 28.7 Å². The molecule has 0 aliphatic rings. The van der Waals surface area contributed by atoms with Crippen molar-refractivity contribution in [3.05, 3.63) is 71.5 Å². The average molecular weight is 370 g/mol. The SMILES string of the molecule is Nn1c(N/N=C/c2ccccc2F)nnc1SCC(=O)c1ccccc1. The predicted molar refractivity (Wildman–Crippen MR) is 99.3 cm³/mol. The number of ketones is 1. The summed E-state index contributed by atoms with van der Waals surface area (Å²) >= 11 is 1.17. The predicted octanol–water partition coefficient (Wildman–Crippen LogP) is 2.55. The number of hydrogen-bond acceptors (Lipinski definition) is 7. The van der Waals surface area contributed by atoms with Crippen LogP contribution in [0.2, 0.25) is 0 Å². The van der Waals surface area contributed by atoms with Crippen LogP contribution in [0.15, 0.2) is 64.9 Å². The highest BCUT2D eigenvalue weighted by Crippen LogP contribution is 2.18. The number of carbonyl (C=O) groups excluding carboxylic acids is 1. The average Bonchev–Trinajstić information content (AvgIpc) is 3.02. The van der Waals surface area contributed by atoms with Gasteiger partial charge in [0.2, 0.25) is 5.16 Å². The van der Waals surface area contributed by atoms with E-state index in [1.54, 1.807) is 42.5 Å². The monoisotopic (exact) mass is 370 g/mol. The molecule has 3 rings (SSSR count). The van der Waals surface area contributed by atoms with Crippen molar-refractivity contribution >= 4 is 29.7 Å². The summed E-state index contributed by atoms with van der Waals surface area (Å²) in [7, 11) is 0. The maximum absolute atomic E-state index is 13.5. The van der Waals surface area contributed by atoms with E-state index in [0.29, 0.717) is 16.3 Å². The van der Waals surface area contributed by atoms with Crippen LogP contribution in [0.1, 0.15) is 15.9 Å². The second kappa shape index (κ2) is 8.26. The molecule has 1 heterocycles. The van der Waals surface area contributed by atoms with Crippen LogP contribution in [-0.4, -0.2) is 32.6 Å². The molecule has 0 aliphatic heterocycles. The van der Waals surface area contributed by atoms with Crippen molar-refractivity contribution in [1.29, 1.82) is 0 Å². The van der Waals surface area contributed by atoms with Crippen molar-refractivity contribution in [2.45, 2.75) is 5.16 Å². The Morgan fingerprint density at radius 3 is 2.69 bits per heavy atom. The number of nitrogens with two attached hydrogens (primary N) is 1. The van der Waals surface area contributed by atoms with Crippen molar-refractivity contribution < 1.29 is 9.18 Å². The van der Waals surface area contributed by atoms with E-state index in [-0.39, 0.29) is 23.3 Å².